The molecule has 5 heteroatoms. The lowest BCUT2D eigenvalue weighted by Gasteiger charge is -2.33. The molecule has 1 N–H and O–H groups in total. The van der Waals surface area contributed by atoms with E-state index in [1.165, 1.54) is 5.56 Å². The predicted molar refractivity (Wildman–Crippen MR) is 86.9 cm³/mol. The van der Waals surface area contributed by atoms with Crippen molar-refractivity contribution in [1.82, 2.24) is 4.90 Å². The summed E-state index contributed by atoms with van der Waals surface area (Å²) in [6.45, 7) is 6.96. The summed E-state index contributed by atoms with van der Waals surface area (Å²) in [6, 6.07) is 5.70. The van der Waals surface area contributed by atoms with Crippen molar-refractivity contribution in [2.75, 3.05) is 19.8 Å². The maximum absolute atomic E-state index is 11.6. The molecule has 21 heavy (non-hydrogen) atoms. The molecule has 0 radical (unpaired) electrons. The Kier molecular flexibility index (Phi) is 5.55. The third-order valence-corrected chi connectivity index (χ3v) is 4.56. The summed E-state index contributed by atoms with van der Waals surface area (Å²) < 4.78 is 5.32. The highest BCUT2D eigenvalue weighted by Gasteiger charge is 2.27. The number of rotatable bonds is 5. The molecule has 0 saturated carbocycles. The van der Waals surface area contributed by atoms with Gasteiger partial charge in [0.05, 0.1) is 12.3 Å². The molecular formula is C16H25NO3Si. The van der Waals surface area contributed by atoms with Crippen LogP contribution in [0.1, 0.15) is 60.0 Å². The highest BCUT2D eigenvalue weighted by atomic mass is 28.2. The Morgan fingerprint density at radius 3 is 2.62 bits per heavy atom. The van der Waals surface area contributed by atoms with Crippen LogP contribution in [0.3, 0.4) is 0 Å². The molecular weight excluding hydrogens is 282 g/mol. The Balaban J connectivity index is 2.28. The van der Waals surface area contributed by atoms with Crippen molar-refractivity contribution in [2.45, 2.75) is 38.5 Å². The zero-order valence-electron chi connectivity index (χ0n) is 13.1. The maximum atomic E-state index is 11.6. The number of likely N-dealkylation sites (tertiary alicyclic amines) is 1. The number of carboxylic acids is 1. The number of carbonyl (C=O) groups is 1. The van der Waals surface area contributed by atoms with Gasteiger partial charge in [0.25, 0.3) is 0 Å². The Hall–Kier alpha value is -1.17. The molecule has 1 aliphatic rings. The summed E-state index contributed by atoms with van der Waals surface area (Å²) in [7, 11) is 0.766. The van der Waals surface area contributed by atoms with Gasteiger partial charge in [-0.05, 0) is 41.9 Å². The molecule has 1 saturated heterocycles. The van der Waals surface area contributed by atoms with Crippen LogP contribution in [-0.2, 0) is 4.43 Å². The topological polar surface area (TPSA) is 49.8 Å². The van der Waals surface area contributed by atoms with Crippen LogP contribution in [-0.4, -0.2) is 46.3 Å². The Morgan fingerprint density at radius 2 is 2.10 bits per heavy atom. The van der Waals surface area contributed by atoms with Crippen molar-refractivity contribution in [3.8, 4) is 0 Å². The number of nitrogens with zero attached hydrogens (tertiary/aromatic N) is 1. The van der Waals surface area contributed by atoms with Crippen molar-refractivity contribution >= 4 is 16.5 Å². The smallest absolute Gasteiger partial charge is 0.335 e. The fraction of sp³-hybridized carbons (Fsp3) is 0.562. The molecule has 1 aromatic carbocycles. The molecule has 0 amide bonds. The number of hydrogen-bond acceptors (Lipinski definition) is 3. The molecule has 0 atom stereocenters. The largest absolute Gasteiger partial charge is 0.478 e. The fourth-order valence-electron chi connectivity index (χ4n) is 3.26. The quantitative estimate of drug-likeness (QED) is 0.845. The summed E-state index contributed by atoms with van der Waals surface area (Å²) in [5.74, 6) is -0.111. The van der Waals surface area contributed by atoms with E-state index in [1.807, 2.05) is 6.07 Å². The Morgan fingerprint density at radius 1 is 1.43 bits per heavy atom. The second kappa shape index (κ2) is 7.20. The first-order valence-corrected chi connectivity index (χ1v) is 8.43. The van der Waals surface area contributed by atoms with Crippen LogP contribution in [0.15, 0.2) is 18.2 Å². The van der Waals surface area contributed by atoms with E-state index in [9.17, 15) is 9.90 Å². The standard InChI is InChI=1S/C16H25NO3Si/c1-11(2)13-4-3-5-14(16(18)19)15(13)12-6-8-17(9-7-12)10-20-21/h3-5,11-12H,6-10H2,1-2,21H3,(H,18,19). The summed E-state index contributed by atoms with van der Waals surface area (Å²) in [4.78, 5) is 13.9. The number of benzene rings is 1. The molecule has 0 aromatic heterocycles. The van der Waals surface area contributed by atoms with Crippen LogP contribution >= 0.6 is 0 Å². The molecule has 0 unspecified atom stereocenters. The summed E-state index contributed by atoms with van der Waals surface area (Å²) in [5, 5.41) is 9.51. The Bertz CT molecular complexity index is 496. The number of carboxylic acid groups (broad SMARTS) is 1. The average molecular weight is 307 g/mol. The van der Waals surface area contributed by atoms with E-state index in [1.54, 1.807) is 6.07 Å². The predicted octanol–water partition coefficient (Wildman–Crippen LogP) is 1.94. The van der Waals surface area contributed by atoms with Gasteiger partial charge in [-0.3, -0.25) is 4.90 Å². The minimum atomic E-state index is -0.808. The van der Waals surface area contributed by atoms with E-state index in [-0.39, 0.29) is 0 Å². The average Bonchev–Trinajstić information content (AvgIpc) is 2.47. The van der Waals surface area contributed by atoms with Crippen molar-refractivity contribution in [3.63, 3.8) is 0 Å². The third-order valence-electron chi connectivity index (χ3n) is 4.30. The first-order chi connectivity index (χ1) is 10.0. The van der Waals surface area contributed by atoms with Gasteiger partial charge in [-0.25, -0.2) is 4.79 Å². The van der Waals surface area contributed by atoms with Crippen LogP contribution in [0.5, 0.6) is 0 Å². The van der Waals surface area contributed by atoms with Crippen LogP contribution in [0.25, 0.3) is 0 Å². The molecule has 1 fully saturated rings. The molecule has 2 rings (SSSR count). The number of hydrogen-bond donors (Lipinski definition) is 1. The van der Waals surface area contributed by atoms with E-state index in [4.69, 9.17) is 4.43 Å². The van der Waals surface area contributed by atoms with E-state index in [0.717, 1.165) is 48.7 Å². The molecule has 1 heterocycles. The van der Waals surface area contributed by atoms with Gasteiger partial charge in [0.2, 0.25) is 0 Å². The van der Waals surface area contributed by atoms with Crippen LogP contribution in [0.2, 0.25) is 0 Å². The van der Waals surface area contributed by atoms with Crippen molar-refractivity contribution in [1.29, 1.82) is 0 Å². The van der Waals surface area contributed by atoms with Gasteiger partial charge in [0, 0.05) is 13.1 Å². The van der Waals surface area contributed by atoms with Crippen molar-refractivity contribution < 1.29 is 14.3 Å². The lowest BCUT2D eigenvalue weighted by molar-refractivity contribution is 0.0692. The fourth-order valence-corrected chi connectivity index (χ4v) is 3.63. The summed E-state index contributed by atoms with van der Waals surface area (Å²) >= 11 is 0. The zero-order chi connectivity index (χ0) is 15.4. The summed E-state index contributed by atoms with van der Waals surface area (Å²) in [6.07, 6.45) is 2.02. The molecule has 0 bridgehead atoms. The number of piperidine rings is 1. The van der Waals surface area contributed by atoms with E-state index in [0.29, 0.717) is 17.4 Å². The second-order valence-corrected chi connectivity index (χ2v) is 6.66. The van der Waals surface area contributed by atoms with Gasteiger partial charge >= 0.3 is 5.97 Å². The SMILES string of the molecule is CC(C)c1cccc(C(=O)O)c1C1CCN(CO[SiH3])CC1. The normalized spacial score (nSPS) is 17.5. The number of aromatic carboxylic acids is 1. The lowest BCUT2D eigenvalue weighted by Crippen LogP contribution is -2.35. The maximum Gasteiger partial charge on any atom is 0.335 e. The van der Waals surface area contributed by atoms with E-state index >= 15 is 0 Å². The van der Waals surface area contributed by atoms with E-state index in [2.05, 4.69) is 24.8 Å². The molecule has 0 spiro atoms. The van der Waals surface area contributed by atoms with Gasteiger partial charge in [0.15, 0.2) is 0 Å². The molecule has 116 valence electrons. The molecule has 0 aliphatic carbocycles. The summed E-state index contributed by atoms with van der Waals surface area (Å²) in [5.41, 5.74) is 2.73. The van der Waals surface area contributed by atoms with Crippen LogP contribution in [0.4, 0.5) is 0 Å². The zero-order valence-corrected chi connectivity index (χ0v) is 15.1. The monoisotopic (exact) mass is 307 g/mol. The highest BCUT2D eigenvalue weighted by Crippen LogP contribution is 2.35. The van der Waals surface area contributed by atoms with Crippen LogP contribution in [0, 0.1) is 0 Å². The lowest BCUT2D eigenvalue weighted by atomic mass is 9.80. The first kappa shape index (κ1) is 16.2. The second-order valence-electron chi connectivity index (χ2n) is 6.08. The van der Waals surface area contributed by atoms with Gasteiger partial charge in [-0.1, -0.05) is 26.0 Å². The van der Waals surface area contributed by atoms with Crippen molar-refractivity contribution in [3.05, 3.63) is 34.9 Å². The van der Waals surface area contributed by atoms with Crippen molar-refractivity contribution in [2.24, 2.45) is 0 Å². The van der Waals surface area contributed by atoms with Gasteiger partial charge in [-0.2, -0.15) is 0 Å². The minimum absolute atomic E-state index is 0.347. The third kappa shape index (κ3) is 3.73. The highest BCUT2D eigenvalue weighted by molar-refractivity contribution is 5.97. The molecule has 1 aromatic rings. The Labute approximate surface area is 129 Å². The van der Waals surface area contributed by atoms with Gasteiger partial charge in [-0.15, -0.1) is 0 Å². The van der Waals surface area contributed by atoms with Gasteiger partial charge in [0.1, 0.15) is 10.5 Å². The van der Waals surface area contributed by atoms with Gasteiger partial charge < -0.3 is 9.53 Å². The minimum Gasteiger partial charge on any atom is -0.478 e. The molecule has 1 aliphatic heterocycles. The molecule has 4 nitrogen and oxygen atoms in total. The first-order valence-electron chi connectivity index (χ1n) is 7.62. The van der Waals surface area contributed by atoms with Crippen LogP contribution < -0.4 is 0 Å². The van der Waals surface area contributed by atoms with E-state index < -0.39 is 5.97 Å².